The van der Waals surface area contributed by atoms with Gasteiger partial charge in [-0.2, -0.15) is 0 Å². The lowest BCUT2D eigenvalue weighted by Gasteiger charge is -2.05. The molecule has 0 fully saturated rings. The van der Waals surface area contributed by atoms with Gasteiger partial charge in [-0.15, -0.1) is 0 Å². The molecule has 0 saturated carbocycles. The Hall–Kier alpha value is -1.10. The lowest BCUT2D eigenvalue weighted by molar-refractivity contribution is -0.138. The lowest BCUT2D eigenvalue weighted by atomic mass is 10.2. The third-order valence-electron chi connectivity index (χ3n) is 1.45. The number of aliphatic carboxylic acids is 1. The van der Waals surface area contributed by atoms with E-state index in [2.05, 4.69) is 5.32 Å². The molecule has 76 valence electrons. The fourth-order valence-electron chi connectivity index (χ4n) is 0.729. The maximum Gasteiger partial charge on any atom is 0.303 e. The first-order chi connectivity index (χ1) is 6.02. The molecular formula is C8H15NO4. The van der Waals surface area contributed by atoms with Crippen LogP contribution in [0.1, 0.15) is 26.2 Å². The van der Waals surface area contributed by atoms with Gasteiger partial charge in [0.1, 0.15) is 0 Å². The van der Waals surface area contributed by atoms with Gasteiger partial charge < -0.3 is 15.5 Å². The zero-order chi connectivity index (χ0) is 10.3. The molecule has 1 unspecified atom stereocenters. The summed E-state index contributed by atoms with van der Waals surface area (Å²) in [6.07, 6.45) is -0.117. The third-order valence-corrected chi connectivity index (χ3v) is 1.45. The Morgan fingerprint density at radius 2 is 2.00 bits per heavy atom. The number of aliphatic hydroxyl groups excluding tert-OH is 1. The van der Waals surface area contributed by atoms with Gasteiger partial charge in [0.25, 0.3) is 0 Å². The topological polar surface area (TPSA) is 86.6 Å². The second-order valence-corrected chi connectivity index (χ2v) is 2.88. The van der Waals surface area contributed by atoms with Crippen LogP contribution in [0, 0.1) is 0 Å². The highest BCUT2D eigenvalue weighted by atomic mass is 16.4. The third kappa shape index (κ3) is 8.81. The van der Waals surface area contributed by atoms with E-state index < -0.39 is 12.1 Å². The van der Waals surface area contributed by atoms with E-state index in [0.717, 1.165) is 0 Å². The molecule has 0 aromatic rings. The molecule has 5 nitrogen and oxygen atoms in total. The zero-order valence-corrected chi connectivity index (χ0v) is 7.62. The van der Waals surface area contributed by atoms with E-state index in [0.29, 0.717) is 13.0 Å². The number of hydrogen-bond donors (Lipinski definition) is 3. The second-order valence-electron chi connectivity index (χ2n) is 2.88. The summed E-state index contributed by atoms with van der Waals surface area (Å²) in [6, 6.07) is 0. The van der Waals surface area contributed by atoms with Crippen LogP contribution in [0.15, 0.2) is 0 Å². The van der Waals surface area contributed by atoms with Gasteiger partial charge in [0.15, 0.2) is 0 Å². The first-order valence-electron chi connectivity index (χ1n) is 4.19. The fraction of sp³-hybridized carbons (Fsp3) is 0.750. The summed E-state index contributed by atoms with van der Waals surface area (Å²) in [5, 5.41) is 19.6. The van der Waals surface area contributed by atoms with Crippen LogP contribution in [0.4, 0.5) is 0 Å². The van der Waals surface area contributed by atoms with Crippen LogP contribution in [0.5, 0.6) is 0 Å². The van der Waals surface area contributed by atoms with Gasteiger partial charge in [-0.25, -0.2) is 0 Å². The van der Waals surface area contributed by atoms with E-state index in [1.807, 2.05) is 0 Å². The maximum absolute atomic E-state index is 10.9. The van der Waals surface area contributed by atoms with E-state index in [-0.39, 0.29) is 18.7 Å². The largest absolute Gasteiger partial charge is 0.481 e. The van der Waals surface area contributed by atoms with Crippen LogP contribution in [0.25, 0.3) is 0 Å². The van der Waals surface area contributed by atoms with E-state index in [4.69, 9.17) is 10.2 Å². The second kappa shape index (κ2) is 6.42. The molecule has 0 rings (SSSR count). The highest BCUT2D eigenvalue weighted by Gasteiger charge is 2.04. The quantitative estimate of drug-likeness (QED) is 0.537. The molecule has 0 aliphatic rings. The number of aliphatic hydroxyl groups is 1. The Kier molecular flexibility index (Phi) is 5.88. The van der Waals surface area contributed by atoms with Gasteiger partial charge in [0, 0.05) is 13.0 Å². The molecule has 0 aliphatic carbocycles. The van der Waals surface area contributed by atoms with E-state index in [1.165, 1.54) is 0 Å². The molecule has 1 atom stereocenters. The van der Waals surface area contributed by atoms with Crippen molar-refractivity contribution in [2.24, 2.45) is 0 Å². The van der Waals surface area contributed by atoms with Crippen molar-refractivity contribution in [3.8, 4) is 0 Å². The van der Waals surface area contributed by atoms with Crippen molar-refractivity contribution in [2.45, 2.75) is 32.3 Å². The zero-order valence-electron chi connectivity index (χ0n) is 7.62. The van der Waals surface area contributed by atoms with Crippen LogP contribution in [-0.4, -0.2) is 34.7 Å². The van der Waals surface area contributed by atoms with Crippen molar-refractivity contribution in [1.82, 2.24) is 5.32 Å². The number of carboxylic acids is 1. The minimum atomic E-state index is -0.981. The molecule has 0 radical (unpaired) electrons. The molecule has 0 aromatic carbocycles. The van der Waals surface area contributed by atoms with Crippen molar-refractivity contribution in [2.75, 3.05) is 6.54 Å². The average molecular weight is 189 g/mol. The number of hydrogen-bond acceptors (Lipinski definition) is 3. The molecular weight excluding hydrogens is 174 g/mol. The van der Waals surface area contributed by atoms with Gasteiger partial charge in [-0.1, -0.05) is 0 Å². The van der Waals surface area contributed by atoms with Crippen molar-refractivity contribution < 1.29 is 19.8 Å². The number of carbonyl (C=O) groups excluding carboxylic acids is 1. The van der Waals surface area contributed by atoms with Gasteiger partial charge in [-0.3, -0.25) is 9.59 Å². The molecule has 0 heterocycles. The fourth-order valence-corrected chi connectivity index (χ4v) is 0.729. The molecule has 0 bridgehead atoms. The summed E-state index contributed by atoms with van der Waals surface area (Å²) in [6.45, 7) is 2.01. The number of amides is 1. The van der Waals surface area contributed by atoms with Gasteiger partial charge >= 0.3 is 5.97 Å². The van der Waals surface area contributed by atoms with E-state index >= 15 is 0 Å². The van der Waals surface area contributed by atoms with Crippen molar-refractivity contribution in [3.63, 3.8) is 0 Å². The van der Waals surface area contributed by atoms with Gasteiger partial charge in [0.2, 0.25) is 5.91 Å². The Labute approximate surface area is 76.8 Å². The number of rotatable bonds is 6. The molecule has 3 N–H and O–H groups in total. The summed E-state index contributed by atoms with van der Waals surface area (Å²) < 4.78 is 0. The van der Waals surface area contributed by atoms with Crippen LogP contribution < -0.4 is 5.32 Å². The number of carbonyl (C=O) groups is 2. The molecule has 0 aliphatic heterocycles. The highest BCUT2D eigenvalue weighted by molar-refractivity contribution is 5.80. The predicted octanol–water partition coefficient (Wildman–Crippen LogP) is -0.262. The highest BCUT2D eigenvalue weighted by Crippen LogP contribution is 1.90. The van der Waals surface area contributed by atoms with Crippen LogP contribution in [-0.2, 0) is 9.59 Å². The van der Waals surface area contributed by atoms with Crippen LogP contribution in [0.2, 0.25) is 0 Å². The first kappa shape index (κ1) is 11.9. The maximum atomic E-state index is 10.9. The normalized spacial score (nSPS) is 12.2. The molecule has 5 heteroatoms. The monoisotopic (exact) mass is 189 g/mol. The Morgan fingerprint density at radius 1 is 1.38 bits per heavy atom. The smallest absolute Gasteiger partial charge is 0.303 e. The SMILES string of the molecule is CC(O)CCNC(=O)CCC(=O)O. The average Bonchev–Trinajstić information content (AvgIpc) is 2.00. The predicted molar refractivity (Wildman–Crippen MR) is 46.2 cm³/mol. The van der Waals surface area contributed by atoms with Crippen LogP contribution >= 0.6 is 0 Å². The van der Waals surface area contributed by atoms with E-state index in [1.54, 1.807) is 6.92 Å². The lowest BCUT2D eigenvalue weighted by Crippen LogP contribution is -2.26. The van der Waals surface area contributed by atoms with Crippen LogP contribution in [0.3, 0.4) is 0 Å². The summed E-state index contributed by atoms with van der Waals surface area (Å²) in [5.74, 6) is -1.27. The summed E-state index contributed by atoms with van der Waals surface area (Å²) in [4.78, 5) is 20.9. The molecule has 1 amide bonds. The summed E-state index contributed by atoms with van der Waals surface area (Å²) in [5.41, 5.74) is 0. The minimum absolute atomic E-state index is 0.00482. The molecule has 0 spiro atoms. The molecule has 0 aromatic heterocycles. The van der Waals surface area contributed by atoms with Gasteiger partial charge in [-0.05, 0) is 13.3 Å². The standard InChI is InChI=1S/C8H15NO4/c1-6(10)4-5-9-7(11)2-3-8(12)13/h6,10H,2-5H2,1H3,(H,9,11)(H,12,13). The summed E-state index contributed by atoms with van der Waals surface area (Å²) in [7, 11) is 0. The van der Waals surface area contributed by atoms with Gasteiger partial charge in [0.05, 0.1) is 12.5 Å². The summed E-state index contributed by atoms with van der Waals surface area (Å²) >= 11 is 0. The van der Waals surface area contributed by atoms with Crippen molar-refractivity contribution in [1.29, 1.82) is 0 Å². The number of carboxylic acid groups (broad SMARTS) is 1. The Morgan fingerprint density at radius 3 is 2.46 bits per heavy atom. The van der Waals surface area contributed by atoms with Crippen molar-refractivity contribution >= 4 is 11.9 Å². The number of nitrogens with one attached hydrogen (secondary N) is 1. The van der Waals surface area contributed by atoms with E-state index in [9.17, 15) is 9.59 Å². The minimum Gasteiger partial charge on any atom is -0.481 e. The first-order valence-corrected chi connectivity index (χ1v) is 4.19. The Balaban J connectivity index is 3.36. The van der Waals surface area contributed by atoms with Crippen molar-refractivity contribution in [3.05, 3.63) is 0 Å². The Bertz CT molecular complexity index is 179. The molecule has 13 heavy (non-hydrogen) atoms. The molecule has 0 saturated heterocycles.